The van der Waals surface area contributed by atoms with E-state index in [0.717, 1.165) is 12.0 Å². The minimum absolute atomic E-state index is 0.118. The largest absolute Gasteiger partial charge is 0.352 e. The molecule has 1 aromatic carbocycles. The summed E-state index contributed by atoms with van der Waals surface area (Å²) in [5, 5.41) is 3.46. The quantitative estimate of drug-likeness (QED) is 0.927. The van der Waals surface area contributed by atoms with Gasteiger partial charge in [0.1, 0.15) is 0 Å². The third-order valence-electron chi connectivity index (χ3n) is 2.60. The van der Waals surface area contributed by atoms with Gasteiger partial charge in [0, 0.05) is 28.4 Å². The Bertz CT molecular complexity index is 575. The normalized spacial score (nSPS) is 10.2. The van der Waals surface area contributed by atoms with Crippen LogP contribution in [0.5, 0.6) is 0 Å². The summed E-state index contributed by atoms with van der Waals surface area (Å²) in [4.78, 5) is 16.0. The van der Waals surface area contributed by atoms with Gasteiger partial charge in [0.15, 0.2) is 0 Å². The van der Waals surface area contributed by atoms with Crippen LogP contribution in [0.15, 0.2) is 47.2 Å². The summed E-state index contributed by atoms with van der Waals surface area (Å²) in [7, 11) is 0. The molecule has 1 amide bonds. The summed E-state index contributed by atoms with van der Waals surface area (Å²) < 4.78 is 0.693. The maximum Gasteiger partial charge on any atom is 0.252 e. The number of nitrogens with one attached hydrogen (secondary N) is 1. The van der Waals surface area contributed by atoms with E-state index in [9.17, 15) is 4.79 Å². The van der Waals surface area contributed by atoms with Crippen molar-refractivity contribution in [2.75, 3.05) is 6.54 Å². The Morgan fingerprint density at radius 1 is 1.37 bits per heavy atom. The highest BCUT2D eigenvalue weighted by molar-refractivity contribution is 9.10. The van der Waals surface area contributed by atoms with Crippen molar-refractivity contribution in [1.82, 2.24) is 10.3 Å². The molecule has 0 bridgehead atoms. The second kappa shape index (κ2) is 6.68. The van der Waals surface area contributed by atoms with Crippen LogP contribution in [-0.2, 0) is 6.42 Å². The number of carbonyl (C=O) groups excluding carboxylic acids is 1. The number of hydrogen-bond donors (Lipinski definition) is 1. The van der Waals surface area contributed by atoms with Gasteiger partial charge < -0.3 is 5.32 Å². The van der Waals surface area contributed by atoms with Gasteiger partial charge in [-0.1, -0.05) is 17.7 Å². The Morgan fingerprint density at radius 2 is 2.21 bits per heavy atom. The Morgan fingerprint density at radius 3 is 2.89 bits per heavy atom. The number of carbonyl (C=O) groups is 1. The highest BCUT2D eigenvalue weighted by atomic mass is 79.9. The predicted octanol–water partition coefficient (Wildman–Crippen LogP) is 3.47. The van der Waals surface area contributed by atoms with E-state index in [1.165, 1.54) is 0 Å². The lowest BCUT2D eigenvalue weighted by Crippen LogP contribution is -2.26. The SMILES string of the molecule is O=C(NCCc1cccnc1)c1ccc(Cl)cc1Br. The van der Waals surface area contributed by atoms with E-state index in [4.69, 9.17) is 11.6 Å². The van der Waals surface area contributed by atoms with Crippen molar-refractivity contribution >= 4 is 33.4 Å². The lowest BCUT2D eigenvalue weighted by Gasteiger charge is -2.07. The molecule has 0 saturated heterocycles. The Kier molecular flexibility index (Phi) is 4.93. The lowest BCUT2D eigenvalue weighted by molar-refractivity contribution is 0.0953. The summed E-state index contributed by atoms with van der Waals surface area (Å²) >= 11 is 9.17. The molecule has 0 saturated carbocycles. The van der Waals surface area contributed by atoms with E-state index in [-0.39, 0.29) is 5.91 Å². The number of halogens is 2. The Labute approximate surface area is 125 Å². The van der Waals surface area contributed by atoms with Crippen LogP contribution in [0.4, 0.5) is 0 Å². The summed E-state index contributed by atoms with van der Waals surface area (Å²) in [6, 6.07) is 8.97. The first-order valence-corrected chi connectivity index (χ1v) is 6.96. The van der Waals surface area contributed by atoms with Crippen molar-refractivity contribution in [3.05, 3.63) is 63.3 Å². The van der Waals surface area contributed by atoms with Crippen LogP contribution in [-0.4, -0.2) is 17.4 Å². The van der Waals surface area contributed by atoms with Gasteiger partial charge in [-0.15, -0.1) is 0 Å². The monoisotopic (exact) mass is 338 g/mol. The zero-order valence-corrected chi connectivity index (χ0v) is 12.4. The molecule has 2 aromatic rings. The molecule has 0 spiro atoms. The number of aromatic nitrogens is 1. The van der Waals surface area contributed by atoms with Crippen molar-refractivity contribution in [1.29, 1.82) is 0 Å². The summed E-state index contributed by atoms with van der Waals surface area (Å²) in [5.74, 6) is -0.118. The van der Waals surface area contributed by atoms with Gasteiger partial charge in [-0.05, 0) is 52.2 Å². The van der Waals surface area contributed by atoms with Crippen LogP contribution in [0, 0.1) is 0 Å². The fraction of sp³-hybridized carbons (Fsp3) is 0.143. The highest BCUT2D eigenvalue weighted by Gasteiger charge is 2.09. The van der Waals surface area contributed by atoms with Gasteiger partial charge in [-0.3, -0.25) is 9.78 Å². The first-order chi connectivity index (χ1) is 9.16. The van der Waals surface area contributed by atoms with E-state index in [1.54, 1.807) is 30.6 Å². The molecule has 0 aliphatic rings. The zero-order valence-electron chi connectivity index (χ0n) is 10.1. The number of nitrogens with zero attached hydrogens (tertiary/aromatic N) is 1. The van der Waals surface area contributed by atoms with Gasteiger partial charge >= 0.3 is 0 Å². The molecular weight excluding hydrogens is 328 g/mol. The van der Waals surface area contributed by atoms with Gasteiger partial charge in [-0.25, -0.2) is 0 Å². The number of amides is 1. The molecule has 19 heavy (non-hydrogen) atoms. The average Bonchev–Trinajstić information content (AvgIpc) is 2.39. The number of benzene rings is 1. The van der Waals surface area contributed by atoms with E-state index in [1.807, 2.05) is 12.1 Å². The molecule has 98 valence electrons. The maximum atomic E-state index is 12.0. The van der Waals surface area contributed by atoms with Crippen molar-refractivity contribution in [2.45, 2.75) is 6.42 Å². The van der Waals surface area contributed by atoms with E-state index < -0.39 is 0 Å². The molecular formula is C14H12BrClN2O. The first kappa shape index (κ1) is 14.0. The predicted molar refractivity (Wildman–Crippen MR) is 79.4 cm³/mol. The zero-order chi connectivity index (χ0) is 13.7. The molecule has 0 fully saturated rings. The average molecular weight is 340 g/mol. The second-order valence-electron chi connectivity index (χ2n) is 3.99. The van der Waals surface area contributed by atoms with Crippen molar-refractivity contribution in [3.8, 4) is 0 Å². The van der Waals surface area contributed by atoms with Crippen LogP contribution in [0.1, 0.15) is 15.9 Å². The topological polar surface area (TPSA) is 42.0 Å². The van der Waals surface area contributed by atoms with Crippen LogP contribution >= 0.6 is 27.5 Å². The van der Waals surface area contributed by atoms with Crippen molar-refractivity contribution in [2.24, 2.45) is 0 Å². The smallest absolute Gasteiger partial charge is 0.252 e. The molecule has 2 rings (SSSR count). The Hall–Kier alpha value is -1.39. The molecule has 3 nitrogen and oxygen atoms in total. The number of rotatable bonds is 4. The molecule has 0 aliphatic heterocycles. The fourth-order valence-corrected chi connectivity index (χ4v) is 2.50. The summed E-state index contributed by atoms with van der Waals surface area (Å²) in [6.45, 7) is 0.569. The molecule has 1 heterocycles. The molecule has 0 radical (unpaired) electrons. The molecule has 1 aromatic heterocycles. The molecule has 0 atom stereocenters. The van der Waals surface area contributed by atoms with E-state index >= 15 is 0 Å². The van der Waals surface area contributed by atoms with Gasteiger partial charge in [0.25, 0.3) is 5.91 Å². The van der Waals surface area contributed by atoms with Crippen molar-refractivity contribution in [3.63, 3.8) is 0 Å². The van der Waals surface area contributed by atoms with Crippen LogP contribution in [0.2, 0.25) is 5.02 Å². The number of hydrogen-bond acceptors (Lipinski definition) is 2. The maximum absolute atomic E-state index is 12.0. The van der Waals surface area contributed by atoms with Crippen LogP contribution in [0.3, 0.4) is 0 Å². The third-order valence-corrected chi connectivity index (χ3v) is 3.49. The summed E-state index contributed by atoms with van der Waals surface area (Å²) in [6.07, 6.45) is 4.28. The van der Waals surface area contributed by atoms with Crippen molar-refractivity contribution < 1.29 is 4.79 Å². The molecule has 5 heteroatoms. The number of pyridine rings is 1. The van der Waals surface area contributed by atoms with Gasteiger partial charge in [0.05, 0.1) is 5.56 Å². The molecule has 1 N–H and O–H groups in total. The second-order valence-corrected chi connectivity index (χ2v) is 5.28. The van der Waals surface area contributed by atoms with E-state index in [2.05, 4.69) is 26.2 Å². The van der Waals surface area contributed by atoms with E-state index in [0.29, 0.717) is 21.6 Å². The lowest BCUT2D eigenvalue weighted by atomic mass is 10.2. The van der Waals surface area contributed by atoms with Gasteiger partial charge in [-0.2, -0.15) is 0 Å². The third kappa shape index (κ3) is 4.04. The Balaban J connectivity index is 1.91. The highest BCUT2D eigenvalue weighted by Crippen LogP contribution is 2.21. The minimum Gasteiger partial charge on any atom is -0.352 e. The summed E-state index contributed by atoms with van der Waals surface area (Å²) in [5.41, 5.74) is 1.67. The standard InChI is InChI=1S/C14H12BrClN2O/c15-13-8-11(16)3-4-12(13)14(19)18-7-5-10-2-1-6-17-9-10/h1-4,6,8-9H,5,7H2,(H,18,19). The van der Waals surface area contributed by atoms with Gasteiger partial charge in [0.2, 0.25) is 0 Å². The first-order valence-electron chi connectivity index (χ1n) is 5.79. The van der Waals surface area contributed by atoms with Crippen LogP contribution in [0.25, 0.3) is 0 Å². The van der Waals surface area contributed by atoms with Crippen LogP contribution < -0.4 is 5.32 Å². The fourth-order valence-electron chi connectivity index (χ4n) is 1.64. The molecule has 0 aliphatic carbocycles. The molecule has 0 unspecified atom stereocenters. The minimum atomic E-state index is -0.118.